The molecule has 0 unspecified atom stereocenters. The summed E-state index contributed by atoms with van der Waals surface area (Å²) >= 11 is 0. The number of amides is 4. The molecule has 1 N–H and O–H groups in total. The fourth-order valence-corrected chi connectivity index (χ4v) is 4.06. The number of ether oxygens (including phenoxy) is 3. The van der Waals surface area contributed by atoms with Crippen molar-refractivity contribution in [2.45, 2.75) is 110 Å². The van der Waals surface area contributed by atoms with E-state index in [0.29, 0.717) is 17.7 Å². The van der Waals surface area contributed by atoms with Gasteiger partial charge >= 0.3 is 18.2 Å². The number of nitrogens with zero attached hydrogens (tertiary/aromatic N) is 2. The van der Waals surface area contributed by atoms with Crippen LogP contribution in [0.3, 0.4) is 0 Å². The summed E-state index contributed by atoms with van der Waals surface area (Å²) in [6, 6.07) is 6.25. The highest BCUT2D eigenvalue weighted by Crippen LogP contribution is 2.43. The van der Waals surface area contributed by atoms with Crippen LogP contribution in [0.15, 0.2) is 24.3 Å². The third-order valence-electron chi connectivity index (χ3n) is 5.63. The Morgan fingerprint density at radius 1 is 0.973 bits per heavy atom. The maximum Gasteiger partial charge on any atom is 0.421 e. The highest BCUT2D eigenvalue weighted by atomic mass is 19.1. The van der Waals surface area contributed by atoms with E-state index in [1.807, 2.05) is 38.1 Å². The van der Waals surface area contributed by atoms with Crippen LogP contribution in [0.4, 0.5) is 18.8 Å². The Morgan fingerprint density at radius 2 is 1.46 bits per heavy atom. The molecule has 0 radical (unpaired) electrons. The Bertz CT molecular complexity index is 943. The van der Waals surface area contributed by atoms with Crippen molar-refractivity contribution in [2.75, 3.05) is 6.73 Å². The second-order valence-electron chi connectivity index (χ2n) is 11.6. The van der Waals surface area contributed by atoms with Crippen molar-refractivity contribution in [3.8, 4) is 5.75 Å². The number of alkyl halides is 1. The zero-order valence-corrected chi connectivity index (χ0v) is 23.2. The standard InChI is InChI=1S/C27H41FN2O7/c1-18(2)35-21-11-9-19(10-12-21)20-13-15-27(28,16-14-20)30(24(34)37-26(6,7)8)22(32)29(17-31)23(33)36-25(3,4)5/h9-12,18,20,31H,13-17H2,1-8H3. The van der Waals surface area contributed by atoms with Crippen LogP contribution in [-0.4, -0.2) is 63.0 Å². The van der Waals surface area contributed by atoms with Gasteiger partial charge < -0.3 is 19.3 Å². The van der Waals surface area contributed by atoms with Crippen molar-refractivity contribution in [1.29, 1.82) is 0 Å². The highest BCUT2D eigenvalue weighted by molar-refractivity contribution is 5.99. The molecule has 0 bridgehead atoms. The molecular formula is C27H41FN2O7. The van der Waals surface area contributed by atoms with E-state index in [1.54, 1.807) is 41.5 Å². The number of aliphatic hydroxyl groups excluding tert-OH is 1. The number of carbonyl (C=O) groups is 3. The van der Waals surface area contributed by atoms with Gasteiger partial charge in [0.1, 0.15) is 23.7 Å². The summed E-state index contributed by atoms with van der Waals surface area (Å²) in [4.78, 5) is 39.6. The van der Waals surface area contributed by atoms with Gasteiger partial charge in [0.05, 0.1) is 6.10 Å². The molecule has 1 saturated carbocycles. The predicted molar refractivity (Wildman–Crippen MR) is 136 cm³/mol. The lowest BCUT2D eigenvalue weighted by atomic mass is 9.80. The first-order valence-electron chi connectivity index (χ1n) is 12.6. The molecule has 0 aromatic heterocycles. The SMILES string of the molecule is CC(C)Oc1ccc(C2CCC(F)(N(C(=O)OC(C)(C)C)C(=O)N(CO)C(=O)OC(C)(C)C)CC2)cc1. The smallest absolute Gasteiger partial charge is 0.421 e. The normalized spacial score (nSPS) is 20.2. The molecule has 1 fully saturated rings. The summed E-state index contributed by atoms with van der Waals surface area (Å²) < 4.78 is 32.6. The first-order valence-corrected chi connectivity index (χ1v) is 12.6. The molecule has 9 nitrogen and oxygen atoms in total. The molecule has 37 heavy (non-hydrogen) atoms. The van der Waals surface area contributed by atoms with Crippen LogP contribution in [0.1, 0.15) is 92.6 Å². The number of imide groups is 2. The lowest BCUT2D eigenvalue weighted by Crippen LogP contribution is -2.60. The van der Waals surface area contributed by atoms with Crippen molar-refractivity contribution in [2.24, 2.45) is 0 Å². The van der Waals surface area contributed by atoms with E-state index in [9.17, 15) is 19.5 Å². The minimum Gasteiger partial charge on any atom is -0.491 e. The summed E-state index contributed by atoms with van der Waals surface area (Å²) in [7, 11) is 0. The predicted octanol–water partition coefficient (Wildman–Crippen LogP) is 6.34. The van der Waals surface area contributed by atoms with Crippen molar-refractivity contribution < 1.29 is 38.1 Å². The van der Waals surface area contributed by atoms with Crippen molar-refractivity contribution in [3.05, 3.63) is 29.8 Å². The van der Waals surface area contributed by atoms with E-state index in [1.165, 1.54) is 0 Å². The molecule has 208 valence electrons. The number of aliphatic hydroxyl groups is 1. The molecule has 4 amide bonds. The molecule has 10 heteroatoms. The van der Waals surface area contributed by atoms with Crippen LogP contribution in [0.5, 0.6) is 5.75 Å². The fraction of sp³-hybridized carbons (Fsp3) is 0.667. The van der Waals surface area contributed by atoms with Crippen LogP contribution >= 0.6 is 0 Å². The molecule has 2 rings (SSSR count). The van der Waals surface area contributed by atoms with Gasteiger partial charge in [0.2, 0.25) is 0 Å². The number of hydrogen-bond donors (Lipinski definition) is 1. The summed E-state index contributed by atoms with van der Waals surface area (Å²) in [5.41, 5.74) is -1.01. The molecular weight excluding hydrogens is 483 g/mol. The molecule has 1 aromatic carbocycles. The van der Waals surface area contributed by atoms with Gasteiger partial charge in [0.25, 0.3) is 0 Å². The lowest BCUT2D eigenvalue weighted by Gasteiger charge is -2.42. The molecule has 0 atom stereocenters. The summed E-state index contributed by atoms with van der Waals surface area (Å²) in [5, 5.41) is 9.77. The van der Waals surface area contributed by atoms with E-state index >= 15 is 4.39 Å². The van der Waals surface area contributed by atoms with E-state index < -0.39 is 41.9 Å². The monoisotopic (exact) mass is 524 g/mol. The van der Waals surface area contributed by atoms with Gasteiger partial charge in [-0.15, -0.1) is 0 Å². The summed E-state index contributed by atoms with van der Waals surface area (Å²) in [5.74, 6) is -1.68. The van der Waals surface area contributed by atoms with Crippen molar-refractivity contribution >= 4 is 18.2 Å². The van der Waals surface area contributed by atoms with Crippen LogP contribution in [-0.2, 0) is 9.47 Å². The van der Waals surface area contributed by atoms with Gasteiger partial charge in [-0.25, -0.2) is 23.7 Å². The summed E-state index contributed by atoms with van der Waals surface area (Å²) in [6.45, 7) is 12.3. The minimum atomic E-state index is -2.42. The van der Waals surface area contributed by atoms with Crippen LogP contribution in [0, 0.1) is 0 Å². The largest absolute Gasteiger partial charge is 0.491 e. The highest BCUT2D eigenvalue weighted by Gasteiger charge is 2.51. The molecule has 1 aromatic rings. The Hall–Kier alpha value is -2.88. The van der Waals surface area contributed by atoms with Crippen LogP contribution in [0.2, 0.25) is 0 Å². The number of halogens is 1. The number of hydrogen-bond acceptors (Lipinski definition) is 7. The fourth-order valence-electron chi connectivity index (χ4n) is 4.06. The number of benzene rings is 1. The van der Waals surface area contributed by atoms with Gasteiger partial charge in [-0.1, -0.05) is 12.1 Å². The average molecular weight is 525 g/mol. The van der Waals surface area contributed by atoms with E-state index in [0.717, 1.165) is 11.3 Å². The Morgan fingerprint density at radius 3 is 1.89 bits per heavy atom. The zero-order valence-electron chi connectivity index (χ0n) is 23.2. The van der Waals surface area contributed by atoms with Crippen molar-refractivity contribution in [3.63, 3.8) is 0 Å². The second kappa shape index (κ2) is 11.7. The minimum absolute atomic E-state index is 0.00682. The topological polar surface area (TPSA) is 106 Å². The zero-order chi connectivity index (χ0) is 28.2. The van der Waals surface area contributed by atoms with Gasteiger partial charge in [-0.05, 0) is 91.8 Å². The molecule has 0 heterocycles. The third-order valence-corrected chi connectivity index (χ3v) is 5.63. The Balaban J connectivity index is 2.28. The first kappa shape index (κ1) is 30.3. The molecule has 0 spiro atoms. The summed E-state index contributed by atoms with van der Waals surface area (Å²) in [6.07, 6.45) is -2.03. The van der Waals surface area contributed by atoms with Crippen molar-refractivity contribution in [1.82, 2.24) is 9.80 Å². The van der Waals surface area contributed by atoms with Gasteiger partial charge in [-0.3, -0.25) is 0 Å². The van der Waals surface area contributed by atoms with E-state index in [2.05, 4.69) is 0 Å². The third kappa shape index (κ3) is 8.59. The number of urea groups is 1. The first-order chi connectivity index (χ1) is 17.0. The maximum atomic E-state index is 16.4. The number of carbonyl (C=O) groups excluding carboxylic acids is 3. The van der Waals surface area contributed by atoms with Crippen LogP contribution in [0.25, 0.3) is 0 Å². The molecule has 0 saturated heterocycles. The van der Waals surface area contributed by atoms with Gasteiger partial charge in [0, 0.05) is 12.8 Å². The molecule has 1 aliphatic carbocycles. The lowest BCUT2D eigenvalue weighted by molar-refractivity contribution is -0.0619. The van der Waals surface area contributed by atoms with E-state index in [4.69, 9.17) is 14.2 Å². The second-order valence-corrected chi connectivity index (χ2v) is 11.6. The molecule has 1 aliphatic rings. The number of rotatable bonds is 5. The van der Waals surface area contributed by atoms with Crippen LogP contribution < -0.4 is 4.74 Å². The average Bonchev–Trinajstić information content (AvgIpc) is 2.72. The van der Waals surface area contributed by atoms with Gasteiger partial charge in [0.15, 0.2) is 5.79 Å². The maximum absolute atomic E-state index is 16.4. The Kier molecular flexibility index (Phi) is 9.57. The Labute approximate surface area is 218 Å². The quantitative estimate of drug-likeness (QED) is 0.354. The van der Waals surface area contributed by atoms with Gasteiger partial charge in [-0.2, -0.15) is 4.90 Å². The molecule has 0 aliphatic heterocycles. The van der Waals surface area contributed by atoms with E-state index in [-0.39, 0.29) is 29.8 Å².